The lowest BCUT2D eigenvalue weighted by Crippen LogP contribution is -2.57. The summed E-state index contributed by atoms with van der Waals surface area (Å²) in [6.07, 6.45) is -5.98. The number of unbranched alkanes of at least 4 members (excludes halogenated alkanes) is 1. The molecule has 3 atom stereocenters. The Balaban J connectivity index is 1.48. The first-order valence-corrected chi connectivity index (χ1v) is 16.4. The maximum absolute atomic E-state index is 13.9. The standard InChI is InChI=1S/C30H31F6N3O5S2/c1-2-3-8-21-19(6-5-11-39(21)26(40)25-20(29(31,32)33)7-4-10-37-25)27(44-43-18-14-24(45-16-18)30(34,35)36)38-12-9-22-17(15-38)13-23(46-22)28(41)42/h4,7,10,13-14,16,19,21,27H,2-3,5-6,8-9,11-12,15H2,1H3,(H,41,42)/t19-,21-,27?/m1/s1. The van der Waals surface area contributed by atoms with E-state index in [9.17, 15) is 41.0 Å². The zero-order chi connectivity index (χ0) is 33.2. The molecule has 3 aromatic heterocycles. The van der Waals surface area contributed by atoms with E-state index in [1.807, 2.05) is 11.8 Å². The lowest BCUT2D eigenvalue weighted by atomic mass is 9.83. The largest absolute Gasteiger partial charge is 0.477 e. The van der Waals surface area contributed by atoms with E-state index < -0.39 is 58.6 Å². The summed E-state index contributed by atoms with van der Waals surface area (Å²) < 4.78 is 81.4. The topological polar surface area (TPSA) is 92.2 Å². The number of aromatic nitrogens is 1. The number of aromatic carboxylic acids is 1. The molecule has 5 heterocycles. The third-order valence-corrected chi connectivity index (χ3v) is 10.4. The lowest BCUT2D eigenvalue weighted by Gasteiger charge is -2.47. The molecule has 5 rings (SSSR count). The van der Waals surface area contributed by atoms with E-state index in [0.29, 0.717) is 50.0 Å². The van der Waals surface area contributed by atoms with Crippen molar-refractivity contribution < 1.29 is 50.8 Å². The second-order valence-corrected chi connectivity index (χ2v) is 13.3. The number of thiophene rings is 2. The van der Waals surface area contributed by atoms with Crippen molar-refractivity contribution in [1.82, 2.24) is 14.8 Å². The molecule has 1 unspecified atom stereocenters. The molecule has 16 heteroatoms. The van der Waals surface area contributed by atoms with Gasteiger partial charge in [-0.3, -0.25) is 14.7 Å². The number of carbonyl (C=O) groups excluding carboxylic acids is 1. The Bertz CT molecular complexity index is 1540. The molecular weight excluding hydrogens is 660 g/mol. The van der Waals surface area contributed by atoms with Gasteiger partial charge in [0, 0.05) is 54.1 Å². The van der Waals surface area contributed by atoms with Crippen molar-refractivity contribution in [2.45, 2.75) is 76.6 Å². The summed E-state index contributed by atoms with van der Waals surface area (Å²) in [4.78, 5) is 44.2. The molecule has 1 N–H and O–H groups in total. The monoisotopic (exact) mass is 691 g/mol. The Hall–Kier alpha value is -3.21. The number of carbonyl (C=O) groups is 2. The highest BCUT2D eigenvalue weighted by Gasteiger charge is 2.45. The van der Waals surface area contributed by atoms with E-state index in [2.05, 4.69) is 4.98 Å². The number of rotatable bonds is 10. The summed E-state index contributed by atoms with van der Waals surface area (Å²) >= 11 is 1.61. The molecule has 3 aromatic rings. The zero-order valence-electron chi connectivity index (χ0n) is 24.6. The Morgan fingerprint density at radius 3 is 2.61 bits per heavy atom. The summed E-state index contributed by atoms with van der Waals surface area (Å²) in [6.45, 7) is 2.76. The van der Waals surface area contributed by atoms with Gasteiger partial charge in [-0.15, -0.1) is 22.7 Å². The summed E-state index contributed by atoms with van der Waals surface area (Å²) in [6, 6.07) is 3.72. The fourth-order valence-corrected chi connectivity index (χ4v) is 7.76. The summed E-state index contributed by atoms with van der Waals surface area (Å²) in [5, 5.41) is 10.7. The van der Waals surface area contributed by atoms with Crippen LogP contribution in [0.25, 0.3) is 0 Å². The van der Waals surface area contributed by atoms with Crippen molar-refractivity contribution >= 4 is 34.6 Å². The number of carboxylic acids is 1. The highest BCUT2D eigenvalue weighted by atomic mass is 32.1. The van der Waals surface area contributed by atoms with Crippen LogP contribution in [0.3, 0.4) is 0 Å². The first-order valence-electron chi connectivity index (χ1n) is 14.7. The van der Waals surface area contributed by atoms with Gasteiger partial charge in [-0.2, -0.15) is 31.2 Å². The molecule has 46 heavy (non-hydrogen) atoms. The molecule has 1 fully saturated rings. The Labute approximate surface area is 268 Å². The average Bonchev–Trinajstić information content (AvgIpc) is 3.67. The van der Waals surface area contributed by atoms with Crippen molar-refractivity contribution in [2.75, 3.05) is 13.1 Å². The van der Waals surface area contributed by atoms with Crippen molar-refractivity contribution in [3.05, 3.63) is 67.3 Å². The molecule has 0 aromatic carbocycles. The maximum atomic E-state index is 13.9. The van der Waals surface area contributed by atoms with Crippen molar-refractivity contribution in [3.8, 4) is 5.75 Å². The summed E-state index contributed by atoms with van der Waals surface area (Å²) in [5.74, 6) is -2.60. The van der Waals surface area contributed by atoms with Crippen LogP contribution in [-0.2, 0) is 30.2 Å². The highest BCUT2D eigenvalue weighted by Crippen LogP contribution is 2.40. The second-order valence-electron chi connectivity index (χ2n) is 11.2. The van der Waals surface area contributed by atoms with Crippen LogP contribution < -0.4 is 4.89 Å². The predicted octanol–water partition coefficient (Wildman–Crippen LogP) is 7.75. The molecule has 2 aliphatic rings. The molecule has 0 saturated carbocycles. The van der Waals surface area contributed by atoms with Crippen LogP contribution >= 0.6 is 22.7 Å². The van der Waals surface area contributed by atoms with Gasteiger partial charge in [-0.05, 0) is 49.4 Å². The number of alkyl halides is 6. The smallest absolute Gasteiger partial charge is 0.425 e. The van der Waals surface area contributed by atoms with Gasteiger partial charge in [0.15, 0.2) is 12.0 Å². The van der Waals surface area contributed by atoms with Crippen LogP contribution in [0.5, 0.6) is 5.75 Å². The van der Waals surface area contributed by atoms with E-state index in [1.165, 1.54) is 16.2 Å². The van der Waals surface area contributed by atoms with Crippen LogP contribution in [0.4, 0.5) is 26.3 Å². The van der Waals surface area contributed by atoms with Gasteiger partial charge >= 0.3 is 18.3 Å². The summed E-state index contributed by atoms with van der Waals surface area (Å²) in [5.41, 5.74) is -1.08. The minimum absolute atomic E-state index is 0.166. The number of carboxylic acid groups (broad SMARTS) is 1. The summed E-state index contributed by atoms with van der Waals surface area (Å²) in [7, 11) is 0. The van der Waals surface area contributed by atoms with Crippen molar-refractivity contribution in [2.24, 2.45) is 5.92 Å². The van der Waals surface area contributed by atoms with Crippen LogP contribution in [0.1, 0.15) is 80.1 Å². The van der Waals surface area contributed by atoms with Gasteiger partial charge in [0.25, 0.3) is 5.91 Å². The minimum Gasteiger partial charge on any atom is -0.477 e. The SMILES string of the molecule is CCCC[C@@H]1[C@H](C(OOc2csc(C(F)(F)F)c2)N2CCc3sc(C(=O)O)cc3C2)CCCN1C(=O)c1ncccc1C(F)(F)F. The molecule has 0 radical (unpaired) electrons. The molecule has 0 bridgehead atoms. The zero-order valence-corrected chi connectivity index (χ0v) is 26.2. The number of likely N-dealkylation sites (tertiary alicyclic amines) is 1. The third-order valence-electron chi connectivity index (χ3n) is 8.19. The Morgan fingerprint density at radius 2 is 1.93 bits per heavy atom. The van der Waals surface area contributed by atoms with E-state index in [-0.39, 0.29) is 23.7 Å². The second kappa shape index (κ2) is 13.9. The number of pyridine rings is 1. The molecule has 1 saturated heterocycles. The van der Waals surface area contributed by atoms with E-state index in [0.717, 1.165) is 46.6 Å². The van der Waals surface area contributed by atoms with Gasteiger partial charge < -0.3 is 14.9 Å². The molecule has 8 nitrogen and oxygen atoms in total. The van der Waals surface area contributed by atoms with E-state index >= 15 is 0 Å². The lowest BCUT2D eigenvalue weighted by molar-refractivity contribution is -0.306. The van der Waals surface area contributed by atoms with Gasteiger partial charge in [-0.25, -0.2) is 4.79 Å². The number of amides is 1. The molecule has 250 valence electrons. The highest BCUT2D eigenvalue weighted by molar-refractivity contribution is 7.14. The molecular formula is C30H31F6N3O5S2. The number of nitrogens with zero attached hydrogens (tertiary/aromatic N) is 3. The van der Waals surface area contributed by atoms with Crippen LogP contribution in [-0.4, -0.2) is 57.1 Å². The number of hydrogen-bond donors (Lipinski definition) is 1. The molecule has 1 amide bonds. The quantitative estimate of drug-likeness (QED) is 0.132. The van der Waals surface area contributed by atoms with Crippen LogP contribution in [0.2, 0.25) is 0 Å². The fourth-order valence-electron chi connectivity index (χ4n) is 6.09. The van der Waals surface area contributed by atoms with Crippen LogP contribution in [0.15, 0.2) is 35.8 Å². The normalized spacial score (nSPS) is 19.9. The minimum atomic E-state index is -4.80. The maximum Gasteiger partial charge on any atom is 0.425 e. The number of fused-ring (bicyclic) bond motifs is 1. The van der Waals surface area contributed by atoms with Gasteiger partial charge in [0.05, 0.1) is 5.56 Å². The van der Waals surface area contributed by atoms with Crippen molar-refractivity contribution in [3.63, 3.8) is 0 Å². The predicted molar refractivity (Wildman–Crippen MR) is 157 cm³/mol. The fraction of sp³-hybridized carbons (Fsp3) is 0.500. The number of piperidine rings is 1. The van der Waals surface area contributed by atoms with Gasteiger partial charge in [-0.1, -0.05) is 19.8 Å². The van der Waals surface area contributed by atoms with Crippen molar-refractivity contribution in [1.29, 1.82) is 0 Å². The Kier molecular flexibility index (Phi) is 10.3. The first-order chi connectivity index (χ1) is 21.8. The first kappa shape index (κ1) is 34.1. The van der Waals surface area contributed by atoms with E-state index in [4.69, 9.17) is 9.78 Å². The van der Waals surface area contributed by atoms with Gasteiger partial charge in [0.1, 0.15) is 15.4 Å². The van der Waals surface area contributed by atoms with E-state index in [1.54, 1.807) is 6.07 Å². The average molecular weight is 692 g/mol. The number of halogens is 6. The molecule has 0 spiro atoms. The van der Waals surface area contributed by atoms with Crippen LogP contribution in [0, 0.1) is 5.92 Å². The Morgan fingerprint density at radius 1 is 1.15 bits per heavy atom. The molecule has 2 aliphatic heterocycles. The third kappa shape index (κ3) is 7.50. The number of hydrogen-bond acceptors (Lipinski definition) is 8. The van der Waals surface area contributed by atoms with Gasteiger partial charge in [0.2, 0.25) is 0 Å². The molecule has 0 aliphatic carbocycles.